The number of aromatic nitrogens is 4. The van der Waals surface area contributed by atoms with E-state index in [0.29, 0.717) is 0 Å². The molecular formula is C12H17N5. The van der Waals surface area contributed by atoms with E-state index in [1.54, 1.807) is 12.5 Å². The molecule has 0 amide bonds. The molecule has 0 radical (unpaired) electrons. The van der Waals surface area contributed by atoms with Crippen molar-refractivity contribution in [2.75, 3.05) is 0 Å². The highest BCUT2D eigenvalue weighted by molar-refractivity contribution is 5.04. The summed E-state index contributed by atoms with van der Waals surface area (Å²) in [6, 6.07) is 1.91. The van der Waals surface area contributed by atoms with Crippen molar-refractivity contribution in [3.63, 3.8) is 0 Å². The lowest BCUT2D eigenvalue weighted by Gasteiger charge is -2.01. The quantitative estimate of drug-likeness (QED) is 0.816. The number of hydrogen-bond donors (Lipinski definition) is 1. The van der Waals surface area contributed by atoms with Crippen LogP contribution in [0.3, 0.4) is 0 Å². The van der Waals surface area contributed by atoms with E-state index in [-0.39, 0.29) is 0 Å². The zero-order valence-corrected chi connectivity index (χ0v) is 10.0. The highest BCUT2D eigenvalue weighted by Gasteiger charge is 1.98. The molecule has 2 aromatic rings. The highest BCUT2D eigenvalue weighted by atomic mass is 15.3. The molecule has 0 spiro atoms. The fourth-order valence-corrected chi connectivity index (χ4v) is 1.61. The van der Waals surface area contributed by atoms with E-state index >= 15 is 0 Å². The Balaban J connectivity index is 1.78. The third kappa shape index (κ3) is 3.64. The van der Waals surface area contributed by atoms with E-state index in [9.17, 15) is 0 Å². The van der Waals surface area contributed by atoms with E-state index in [0.717, 1.165) is 31.7 Å². The van der Waals surface area contributed by atoms with Crippen LogP contribution >= 0.6 is 0 Å². The minimum atomic E-state index is 0.751. The maximum atomic E-state index is 4.28. The lowest BCUT2D eigenvalue weighted by Crippen LogP contribution is -2.13. The summed E-state index contributed by atoms with van der Waals surface area (Å²) in [4.78, 5) is 8.03. The lowest BCUT2D eigenvalue weighted by atomic mass is 10.3. The van der Waals surface area contributed by atoms with Gasteiger partial charge in [0, 0.05) is 37.6 Å². The monoisotopic (exact) mass is 231 g/mol. The normalized spacial score (nSPS) is 10.6. The molecule has 0 aliphatic heterocycles. The van der Waals surface area contributed by atoms with Gasteiger partial charge in [-0.2, -0.15) is 5.10 Å². The third-order valence-electron chi connectivity index (χ3n) is 2.42. The molecule has 5 nitrogen and oxygen atoms in total. The van der Waals surface area contributed by atoms with E-state index in [1.807, 2.05) is 16.9 Å². The first kappa shape index (κ1) is 11.7. The Morgan fingerprint density at radius 1 is 1.35 bits per heavy atom. The van der Waals surface area contributed by atoms with Gasteiger partial charge < -0.3 is 5.32 Å². The average molecular weight is 231 g/mol. The molecule has 0 bridgehead atoms. The largest absolute Gasteiger partial charge is 0.307 e. The molecule has 0 aliphatic rings. The number of nitrogens with one attached hydrogen (secondary N) is 1. The van der Waals surface area contributed by atoms with Crippen LogP contribution in [-0.4, -0.2) is 19.7 Å². The Morgan fingerprint density at radius 2 is 2.29 bits per heavy atom. The zero-order valence-electron chi connectivity index (χ0n) is 10.0. The van der Waals surface area contributed by atoms with Crippen LogP contribution in [0.25, 0.3) is 0 Å². The minimum absolute atomic E-state index is 0.751. The fourth-order valence-electron chi connectivity index (χ4n) is 1.61. The van der Waals surface area contributed by atoms with Crippen LogP contribution in [0, 0.1) is 0 Å². The van der Waals surface area contributed by atoms with E-state index in [4.69, 9.17) is 0 Å². The topological polar surface area (TPSA) is 55.6 Å². The van der Waals surface area contributed by atoms with Crippen molar-refractivity contribution >= 4 is 0 Å². The number of rotatable bonds is 6. The molecule has 0 atom stereocenters. The maximum Gasteiger partial charge on any atom is 0.115 e. The Morgan fingerprint density at radius 3 is 3.06 bits per heavy atom. The van der Waals surface area contributed by atoms with Crippen molar-refractivity contribution in [1.29, 1.82) is 0 Å². The van der Waals surface area contributed by atoms with Crippen LogP contribution in [0.5, 0.6) is 0 Å². The van der Waals surface area contributed by atoms with Crippen molar-refractivity contribution in [1.82, 2.24) is 25.1 Å². The molecule has 0 unspecified atom stereocenters. The van der Waals surface area contributed by atoms with Crippen LogP contribution < -0.4 is 5.32 Å². The van der Waals surface area contributed by atoms with Crippen molar-refractivity contribution in [2.45, 2.75) is 33.0 Å². The van der Waals surface area contributed by atoms with Crippen molar-refractivity contribution < 1.29 is 0 Å². The third-order valence-corrected chi connectivity index (χ3v) is 2.42. The Hall–Kier alpha value is -1.75. The SMILES string of the molecule is CCCn1cc(CNCc2ccncn2)cn1. The standard InChI is InChI=1S/C12H17N5/c1-2-5-17-9-11(7-16-17)6-14-8-12-3-4-13-10-15-12/h3-4,7,9-10,14H,2,5-6,8H2,1H3. The van der Waals surface area contributed by atoms with Gasteiger partial charge >= 0.3 is 0 Å². The van der Waals surface area contributed by atoms with Gasteiger partial charge in [-0.15, -0.1) is 0 Å². The number of aryl methyl sites for hydroxylation is 1. The van der Waals surface area contributed by atoms with Crippen molar-refractivity contribution in [3.8, 4) is 0 Å². The molecule has 90 valence electrons. The maximum absolute atomic E-state index is 4.28. The van der Waals surface area contributed by atoms with Gasteiger partial charge in [0.1, 0.15) is 6.33 Å². The van der Waals surface area contributed by atoms with Gasteiger partial charge in [0.25, 0.3) is 0 Å². The van der Waals surface area contributed by atoms with Crippen LogP contribution in [-0.2, 0) is 19.6 Å². The second-order valence-corrected chi connectivity index (χ2v) is 3.92. The van der Waals surface area contributed by atoms with Gasteiger partial charge in [-0.25, -0.2) is 9.97 Å². The summed E-state index contributed by atoms with van der Waals surface area (Å²) >= 11 is 0. The van der Waals surface area contributed by atoms with Crippen LogP contribution in [0.1, 0.15) is 24.6 Å². The molecule has 2 rings (SSSR count). The van der Waals surface area contributed by atoms with Crippen LogP contribution in [0.2, 0.25) is 0 Å². The van der Waals surface area contributed by atoms with Crippen LogP contribution in [0.15, 0.2) is 31.0 Å². The molecule has 0 saturated carbocycles. The summed E-state index contributed by atoms with van der Waals surface area (Å²) in [6.45, 7) is 4.69. The Labute approximate surface area is 101 Å². The fraction of sp³-hybridized carbons (Fsp3) is 0.417. The predicted molar refractivity (Wildman–Crippen MR) is 65.1 cm³/mol. The first-order valence-electron chi connectivity index (χ1n) is 5.85. The summed E-state index contributed by atoms with van der Waals surface area (Å²) in [5.41, 5.74) is 2.20. The van der Waals surface area contributed by atoms with E-state index in [2.05, 4.69) is 33.5 Å². The van der Waals surface area contributed by atoms with Crippen molar-refractivity contribution in [3.05, 3.63) is 42.2 Å². The van der Waals surface area contributed by atoms with Gasteiger partial charge in [-0.1, -0.05) is 6.92 Å². The van der Waals surface area contributed by atoms with Gasteiger partial charge in [-0.05, 0) is 12.5 Å². The van der Waals surface area contributed by atoms with E-state index in [1.165, 1.54) is 5.56 Å². The summed E-state index contributed by atoms with van der Waals surface area (Å²) < 4.78 is 1.97. The number of hydrogen-bond acceptors (Lipinski definition) is 4. The Kier molecular flexibility index (Phi) is 4.21. The second kappa shape index (κ2) is 6.10. The zero-order chi connectivity index (χ0) is 11.9. The van der Waals surface area contributed by atoms with Gasteiger partial charge in [-0.3, -0.25) is 4.68 Å². The predicted octanol–water partition coefficient (Wildman–Crippen LogP) is 1.37. The number of nitrogens with zero attached hydrogens (tertiary/aromatic N) is 4. The molecular weight excluding hydrogens is 214 g/mol. The molecule has 0 saturated heterocycles. The average Bonchev–Trinajstić information content (AvgIpc) is 2.79. The lowest BCUT2D eigenvalue weighted by molar-refractivity contribution is 0.601. The molecule has 5 heteroatoms. The molecule has 2 heterocycles. The highest BCUT2D eigenvalue weighted by Crippen LogP contribution is 1.99. The molecule has 1 N–H and O–H groups in total. The summed E-state index contributed by atoms with van der Waals surface area (Å²) in [5, 5.41) is 7.61. The molecule has 0 aromatic carbocycles. The second-order valence-electron chi connectivity index (χ2n) is 3.92. The first-order chi connectivity index (χ1) is 8.38. The smallest absolute Gasteiger partial charge is 0.115 e. The first-order valence-corrected chi connectivity index (χ1v) is 5.85. The Bertz CT molecular complexity index is 437. The summed E-state index contributed by atoms with van der Waals surface area (Å²) in [5.74, 6) is 0. The molecule has 0 fully saturated rings. The molecule has 17 heavy (non-hydrogen) atoms. The van der Waals surface area contributed by atoms with E-state index < -0.39 is 0 Å². The molecule has 0 aliphatic carbocycles. The van der Waals surface area contributed by atoms with Gasteiger partial charge in [0.2, 0.25) is 0 Å². The minimum Gasteiger partial charge on any atom is -0.307 e. The van der Waals surface area contributed by atoms with Crippen LogP contribution in [0.4, 0.5) is 0 Å². The molecule has 2 aromatic heterocycles. The van der Waals surface area contributed by atoms with Gasteiger partial charge in [0.15, 0.2) is 0 Å². The van der Waals surface area contributed by atoms with Gasteiger partial charge in [0.05, 0.1) is 11.9 Å². The summed E-state index contributed by atoms with van der Waals surface area (Å²) in [7, 11) is 0. The van der Waals surface area contributed by atoms with Crippen molar-refractivity contribution in [2.24, 2.45) is 0 Å². The summed E-state index contributed by atoms with van der Waals surface area (Å²) in [6.07, 6.45) is 8.41.